The molecule has 1 aliphatic rings. The second kappa shape index (κ2) is 10.7. The molecule has 0 spiro atoms. The Morgan fingerprint density at radius 2 is 1.79 bits per heavy atom. The maximum absolute atomic E-state index is 12.3. The number of ether oxygens (including phenoxy) is 1. The van der Waals surface area contributed by atoms with E-state index in [1.165, 1.54) is 24.3 Å². The number of rotatable bonds is 8. The molecule has 1 saturated heterocycles. The van der Waals surface area contributed by atoms with Crippen LogP contribution in [0.5, 0.6) is 5.75 Å². The van der Waals surface area contributed by atoms with E-state index in [1.54, 1.807) is 6.07 Å². The van der Waals surface area contributed by atoms with Crippen molar-refractivity contribution in [3.05, 3.63) is 65.4 Å². The zero-order chi connectivity index (χ0) is 24.1. The highest BCUT2D eigenvalue weighted by Crippen LogP contribution is 2.26. The van der Waals surface area contributed by atoms with Gasteiger partial charge in [0, 0.05) is 61.6 Å². The zero-order valence-corrected chi connectivity index (χ0v) is 19.5. The number of halogens is 4. The first-order chi connectivity index (χ1) is 16.2. The van der Waals surface area contributed by atoms with E-state index in [0.717, 1.165) is 50.0 Å². The summed E-state index contributed by atoms with van der Waals surface area (Å²) in [7, 11) is 2.02. The number of aromatic nitrogens is 1. The van der Waals surface area contributed by atoms with Gasteiger partial charge < -0.3 is 14.2 Å². The van der Waals surface area contributed by atoms with Crippen LogP contribution in [0.3, 0.4) is 0 Å². The smallest absolute Gasteiger partial charge is 0.406 e. The molecule has 0 radical (unpaired) electrons. The van der Waals surface area contributed by atoms with Crippen LogP contribution in [-0.4, -0.2) is 67.6 Å². The molecule has 182 valence electrons. The summed E-state index contributed by atoms with van der Waals surface area (Å²) >= 11 is 6.11. The molecular weight excluding hydrogens is 469 g/mol. The van der Waals surface area contributed by atoms with Gasteiger partial charge in [-0.05, 0) is 49.5 Å². The summed E-state index contributed by atoms with van der Waals surface area (Å²) in [5.74, 6) is 0.423. The highest BCUT2D eigenvalue weighted by molar-refractivity contribution is 6.30. The van der Waals surface area contributed by atoms with Gasteiger partial charge in [-0.3, -0.25) is 9.80 Å². The lowest BCUT2D eigenvalue weighted by Gasteiger charge is -2.36. The summed E-state index contributed by atoms with van der Waals surface area (Å²) in [6.07, 6.45) is -4.71. The monoisotopic (exact) mass is 494 g/mol. The predicted octanol–water partition coefficient (Wildman–Crippen LogP) is 5.15. The second-order valence-electron chi connectivity index (χ2n) is 8.30. The van der Waals surface area contributed by atoms with Gasteiger partial charge in [0.15, 0.2) is 5.76 Å². The van der Waals surface area contributed by atoms with Crippen molar-refractivity contribution in [2.24, 2.45) is 0 Å². The first kappa shape index (κ1) is 24.4. The largest absolute Gasteiger partial charge is 0.573 e. The van der Waals surface area contributed by atoms with Crippen molar-refractivity contribution in [2.75, 3.05) is 51.2 Å². The van der Waals surface area contributed by atoms with Crippen molar-refractivity contribution in [3.63, 3.8) is 0 Å². The Kier molecular flexibility index (Phi) is 7.65. The molecule has 2 heterocycles. The normalized spacial score (nSPS) is 15.2. The van der Waals surface area contributed by atoms with E-state index in [-0.39, 0.29) is 5.75 Å². The molecule has 0 bridgehead atoms. The van der Waals surface area contributed by atoms with Crippen LogP contribution in [0, 0.1) is 0 Å². The molecule has 0 aliphatic carbocycles. The molecule has 1 aliphatic heterocycles. The quantitative estimate of drug-likeness (QED) is 0.431. The third kappa shape index (κ3) is 6.88. The number of hydrogen-bond acceptors (Lipinski definition) is 6. The Labute approximate surface area is 201 Å². The number of anilines is 1. The van der Waals surface area contributed by atoms with Gasteiger partial charge in [-0.2, -0.15) is 0 Å². The summed E-state index contributed by atoms with van der Waals surface area (Å²) in [6, 6.07) is 15.3. The topological polar surface area (TPSA) is 45.0 Å². The van der Waals surface area contributed by atoms with Crippen molar-refractivity contribution in [2.45, 2.75) is 12.9 Å². The molecule has 0 unspecified atom stereocenters. The lowest BCUT2D eigenvalue weighted by Crippen LogP contribution is -2.48. The van der Waals surface area contributed by atoms with Gasteiger partial charge in [-0.1, -0.05) is 22.8 Å². The van der Waals surface area contributed by atoms with E-state index in [0.29, 0.717) is 23.6 Å². The molecule has 1 fully saturated rings. The Balaban J connectivity index is 1.22. The highest BCUT2D eigenvalue weighted by Gasteiger charge is 2.31. The minimum absolute atomic E-state index is 0.270. The molecule has 0 saturated carbocycles. The Morgan fingerprint density at radius 3 is 2.47 bits per heavy atom. The number of benzene rings is 2. The van der Waals surface area contributed by atoms with Crippen molar-refractivity contribution >= 4 is 17.3 Å². The Morgan fingerprint density at radius 1 is 1.06 bits per heavy atom. The number of alkyl halides is 3. The van der Waals surface area contributed by atoms with E-state index in [2.05, 4.69) is 30.7 Å². The first-order valence-electron chi connectivity index (χ1n) is 11.0. The molecule has 10 heteroatoms. The van der Waals surface area contributed by atoms with Crippen LogP contribution in [0.15, 0.2) is 59.1 Å². The van der Waals surface area contributed by atoms with Gasteiger partial charge in [-0.25, -0.2) is 0 Å². The van der Waals surface area contributed by atoms with Crippen molar-refractivity contribution in [1.82, 2.24) is 15.0 Å². The molecule has 3 aromatic rings. The van der Waals surface area contributed by atoms with Crippen molar-refractivity contribution < 1.29 is 22.4 Å². The van der Waals surface area contributed by atoms with Crippen LogP contribution < -0.4 is 9.64 Å². The third-order valence-electron chi connectivity index (χ3n) is 5.71. The molecule has 0 atom stereocenters. The van der Waals surface area contributed by atoms with E-state index in [9.17, 15) is 13.2 Å². The fourth-order valence-electron chi connectivity index (χ4n) is 3.91. The van der Waals surface area contributed by atoms with Gasteiger partial charge in [0.05, 0.1) is 6.54 Å². The molecular formula is C24H26ClF3N4O2. The summed E-state index contributed by atoms with van der Waals surface area (Å²) in [5.41, 5.74) is 2.39. The molecule has 0 amide bonds. The average molecular weight is 495 g/mol. The van der Waals surface area contributed by atoms with Crippen LogP contribution in [0.2, 0.25) is 5.02 Å². The first-order valence-corrected chi connectivity index (χ1v) is 11.4. The third-order valence-corrected chi connectivity index (χ3v) is 5.95. The van der Waals surface area contributed by atoms with Crippen LogP contribution in [0.25, 0.3) is 11.3 Å². The van der Waals surface area contributed by atoms with Gasteiger partial charge in [0.2, 0.25) is 0 Å². The van der Waals surface area contributed by atoms with Crippen molar-refractivity contribution in [1.29, 1.82) is 0 Å². The van der Waals surface area contributed by atoms with Gasteiger partial charge in [0.1, 0.15) is 11.4 Å². The van der Waals surface area contributed by atoms with E-state index < -0.39 is 6.36 Å². The summed E-state index contributed by atoms with van der Waals surface area (Å²) in [6.45, 7) is 6.30. The van der Waals surface area contributed by atoms with Gasteiger partial charge in [-0.15, -0.1) is 13.2 Å². The van der Waals surface area contributed by atoms with E-state index in [4.69, 9.17) is 16.1 Å². The van der Waals surface area contributed by atoms with Gasteiger partial charge in [0.25, 0.3) is 0 Å². The summed E-state index contributed by atoms with van der Waals surface area (Å²) in [4.78, 5) is 6.95. The maximum atomic E-state index is 12.3. The van der Waals surface area contributed by atoms with E-state index >= 15 is 0 Å². The van der Waals surface area contributed by atoms with Crippen molar-refractivity contribution in [3.8, 4) is 17.0 Å². The summed E-state index contributed by atoms with van der Waals surface area (Å²) < 4.78 is 46.3. The standard InChI is InChI=1S/C24H26ClF3N4O2/c1-30(9-10-31-11-13-32(14-12-31)20-4-2-3-19(25)15-20)17-22-16-23(29-34-22)18-5-7-21(8-6-18)33-24(26,27)28/h2-8,15-16H,9-14,17H2,1H3. The SMILES string of the molecule is CN(CCN1CCN(c2cccc(Cl)c2)CC1)Cc1cc(-c2ccc(OC(F)(F)F)cc2)no1. The fourth-order valence-corrected chi connectivity index (χ4v) is 4.10. The van der Waals surface area contributed by atoms with Crippen LogP contribution in [0.4, 0.5) is 18.9 Å². The fraction of sp³-hybridized carbons (Fsp3) is 0.375. The number of nitrogens with zero attached hydrogens (tertiary/aromatic N) is 4. The maximum Gasteiger partial charge on any atom is 0.573 e. The van der Waals surface area contributed by atoms with Crippen LogP contribution in [-0.2, 0) is 6.54 Å². The minimum atomic E-state index is -4.71. The zero-order valence-electron chi connectivity index (χ0n) is 18.8. The molecule has 1 aromatic heterocycles. The lowest BCUT2D eigenvalue weighted by molar-refractivity contribution is -0.274. The Hall–Kier alpha value is -2.75. The average Bonchev–Trinajstić information content (AvgIpc) is 3.26. The number of hydrogen-bond donors (Lipinski definition) is 0. The molecule has 6 nitrogen and oxygen atoms in total. The van der Waals surface area contributed by atoms with Gasteiger partial charge >= 0.3 is 6.36 Å². The highest BCUT2D eigenvalue weighted by atomic mass is 35.5. The number of likely N-dealkylation sites (N-methyl/N-ethyl adjacent to an activating group) is 1. The predicted molar refractivity (Wildman–Crippen MR) is 125 cm³/mol. The summed E-state index contributed by atoms with van der Waals surface area (Å²) in [5, 5.41) is 4.80. The molecule has 0 N–H and O–H groups in total. The van der Waals surface area contributed by atoms with Crippen LogP contribution >= 0.6 is 11.6 Å². The lowest BCUT2D eigenvalue weighted by atomic mass is 10.1. The van der Waals surface area contributed by atoms with Crippen LogP contribution in [0.1, 0.15) is 5.76 Å². The molecule has 2 aromatic carbocycles. The van der Waals surface area contributed by atoms with E-state index in [1.807, 2.05) is 25.2 Å². The molecule has 4 rings (SSSR count). The Bertz CT molecular complexity index is 1070. The molecule has 34 heavy (non-hydrogen) atoms. The minimum Gasteiger partial charge on any atom is -0.406 e. The second-order valence-corrected chi connectivity index (χ2v) is 8.73. The number of piperazine rings is 1.